The highest BCUT2D eigenvalue weighted by Gasteiger charge is 2.20. The van der Waals surface area contributed by atoms with E-state index >= 15 is 0 Å². The van der Waals surface area contributed by atoms with Crippen molar-refractivity contribution in [2.24, 2.45) is 0 Å². The van der Waals surface area contributed by atoms with Crippen molar-refractivity contribution in [1.82, 2.24) is 19.4 Å². The summed E-state index contributed by atoms with van der Waals surface area (Å²) < 4.78 is 0.893. The molecule has 0 unspecified atom stereocenters. The van der Waals surface area contributed by atoms with Crippen LogP contribution in [0.15, 0.2) is 40.1 Å². The number of H-pyrrole nitrogens is 1. The zero-order valence-electron chi connectivity index (χ0n) is 16.4. The first kappa shape index (κ1) is 21.5. The Morgan fingerprint density at radius 2 is 1.97 bits per heavy atom. The van der Waals surface area contributed by atoms with Crippen LogP contribution in [0, 0.1) is 6.92 Å². The highest BCUT2D eigenvalue weighted by Crippen LogP contribution is 2.23. The third-order valence-corrected chi connectivity index (χ3v) is 5.64. The topological polar surface area (TPSA) is 117 Å². The van der Waals surface area contributed by atoms with E-state index < -0.39 is 17.2 Å². The average Bonchev–Trinajstić information content (AvgIpc) is 3.05. The number of aromatic amines is 1. The molecule has 2 aromatic heterocycles. The van der Waals surface area contributed by atoms with E-state index in [1.54, 1.807) is 45.3 Å². The Labute approximate surface area is 180 Å². The molecule has 0 aliphatic rings. The third-order valence-electron chi connectivity index (χ3n) is 4.21. The summed E-state index contributed by atoms with van der Waals surface area (Å²) in [6.45, 7) is 1.56. The van der Waals surface area contributed by atoms with Gasteiger partial charge in [0.2, 0.25) is 0 Å². The number of amides is 2. The van der Waals surface area contributed by atoms with Crippen molar-refractivity contribution in [1.29, 1.82) is 0 Å². The van der Waals surface area contributed by atoms with Gasteiger partial charge in [-0.25, -0.2) is 9.78 Å². The van der Waals surface area contributed by atoms with E-state index in [-0.39, 0.29) is 23.1 Å². The van der Waals surface area contributed by atoms with Crippen molar-refractivity contribution in [3.05, 3.63) is 78.0 Å². The maximum absolute atomic E-state index is 12.8. The molecule has 0 saturated carbocycles. The Morgan fingerprint density at radius 1 is 1.27 bits per heavy atom. The molecule has 156 valence electrons. The molecule has 2 heterocycles. The first-order valence-corrected chi connectivity index (χ1v) is 9.95. The smallest absolute Gasteiger partial charge is 0.328 e. The summed E-state index contributed by atoms with van der Waals surface area (Å²) in [5.74, 6) is -0.988. The lowest BCUT2D eigenvalue weighted by molar-refractivity contribution is 0.0831. The minimum absolute atomic E-state index is 0.0905. The van der Waals surface area contributed by atoms with Crippen LogP contribution in [0.25, 0.3) is 0 Å². The van der Waals surface area contributed by atoms with Gasteiger partial charge < -0.3 is 9.88 Å². The van der Waals surface area contributed by atoms with Gasteiger partial charge in [-0.3, -0.25) is 24.3 Å². The molecule has 9 nitrogen and oxygen atoms in total. The summed E-state index contributed by atoms with van der Waals surface area (Å²) in [5, 5.41) is 3.08. The van der Waals surface area contributed by atoms with Crippen molar-refractivity contribution >= 4 is 39.9 Å². The summed E-state index contributed by atoms with van der Waals surface area (Å²) in [5.41, 5.74) is -0.678. The summed E-state index contributed by atoms with van der Waals surface area (Å²) in [6.07, 6.45) is 1.05. The van der Waals surface area contributed by atoms with Crippen LogP contribution in [0.5, 0.6) is 0 Å². The number of carbonyl (C=O) groups is 2. The molecule has 3 aromatic rings. The number of anilines is 1. The molecule has 30 heavy (non-hydrogen) atoms. The molecule has 2 N–H and O–H groups in total. The summed E-state index contributed by atoms with van der Waals surface area (Å²) >= 11 is 7.11. The number of thiazole rings is 1. The number of benzene rings is 1. The number of aryl methyl sites for hydroxylation is 1. The van der Waals surface area contributed by atoms with Crippen LogP contribution >= 0.6 is 22.9 Å². The van der Waals surface area contributed by atoms with Crippen molar-refractivity contribution in [3.63, 3.8) is 0 Å². The molecule has 0 spiro atoms. The monoisotopic (exact) mass is 447 g/mol. The largest absolute Gasteiger partial charge is 0.344 e. The van der Waals surface area contributed by atoms with E-state index in [0.29, 0.717) is 21.2 Å². The fourth-order valence-electron chi connectivity index (χ4n) is 2.63. The van der Waals surface area contributed by atoms with Gasteiger partial charge in [0, 0.05) is 25.3 Å². The van der Waals surface area contributed by atoms with Crippen LogP contribution in [-0.4, -0.2) is 45.3 Å². The molecule has 0 fully saturated rings. The normalized spacial score (nSPS) is 10.7. The number of nitrogens with one attached hydrogen (secondary N) is 2. The van der Waals surface area contributed by atoms with Gasteiger partial charge in [-0.2, -0.15) is 0 Å². The van der Waals surface area contributed by atoms with Gasteiger partial charge in [0.05, 0.1) is 12.2 Å². The predicted octanol–water partition coefficient (Wildman–Crippen LogP) is 1.96. The molecule has 0 aliphatic carbocycles. The zero-order valence-corrected chi connectivity index (χ0v) is 17.9. The summed E-state index contributed by atoms with van der Waals surface area (Å²) in [6, 6.07) is 6.79. The Bertz CT molecular complexity index is 1240. The van der Waals surface area contributed by atoms with Gasteiger partial charge in [-0.05, 0) is 18.6 Å². The molecular weight excluding hydrogens is 430 g/mol. The van der Waals surface area contributed by atoms with Crippen LogP contribution in [0.3, 0.4) is 0 Å². The van der Waals surface area contributed by atoms with E-state index in [1.807, 2.05) is 0 Å². The second-order valence-corrected chi connectivity index (χ2v) is 7.98. The molecule has 1 aromatic carbocycles. The molecule has 11 heteroatoms. The quantitative estimate of drug-likeness (QED) is 0.620. The fraction of sp³-hybridized carbons (Fsp3) is 0.211. The van der Waals surface area contributed by atoms with Crippen molar-refractivity contribution in [2.75, 3.05) is 19.4 Å². The molecular formula is C19H18ClN5O4S. The summed E-state index contributed by atoms with van der Waals surface area (Å²) in [7, 11) is 3.23. The lowest BCUT2D eigenvalue weighted by atomic mass is 10.2. The first-order valence-electron chi connectivity index (χ1n) is 8.75. The molecule has 0 atom stereocenters. The van der Waals surface area contributed by atoms with Crippen LogP contribution < -0.4 is 16.6 Å². The van der Waals surface area contributed by atoms with E-state index in [4.69, 9.17) is 11.6 Å². The number of carbonyl (C=O) groups excluding carboxylic acids is 2. The van der Waals surface area contributed by atoms with Crippen molar-refractivity contribution < 1.29 is 9.59 Å². The zero-order chi connectivity index (χ0) is 22.0. The van der Waals surface area contributed by atoms with Crippen LogP contribution in [0.2, 0.25) is 5.02 Å². The van der Waals surface area contributed by atoms with Crippen LogP contribution in [0.4, 0.5) is 5.13 Å². The molecule has 0 radical (unpaired) electrons. The number of hydrogen-bond acceptors (Lipinski definition) is 6. The minimum Gasteiger partial charge on any atom is -0.344 e. The second kappa shape index (κ2) is 8.64. The van der Waals surface area contributed by atoms with Gasteiger partial charge >= 0.3 is 5.69 Å². The average molecular weight is 448 g/mol. The number of nitrogens with zero attached hydrogens (tertiary/aromatic N) is 3. The first-order chi connectivity index (χ1) is 14.2. The highest BCUT2D eigenvalue weighted by molar-refractivity contribution is 7.17. The van der Waals surface area contributed by atoms with Gasteiger partial charge in [0.1, 0.15) is 10.4 Å². The standard InChI is InChI=1S/C19H18ClN5O4S/c1-10-14(17(28)24(2)3)30-18(22-10)23-15(26)12-8-21-19(29)25(16(12)27)9-11-6-4-5-7-13(11)20/h4-8H,9H2,1-3H3,(H,21,29)(H,22,23,26). The van der Waals surface area contributed by atoms with Gasteiger partial charge in [-0.15, -0.1) is 0 Å². The SMILES string of the molecule is Cc1nc(NC(=O)c2c[nH]c(=O)n(Cc3ccccc3Cl)c2=O)sc1C(=O)N(C)C. The highest BCUT2D eigenvalue weighted by atomic mass is 35.5. The van der Waals surface area contributed by atoms with E-state index in [1.165, 1.54) is 4.90 Å². The third kappa shape index (κ3) is 4.34. The van der Waals surface area contributed by atoms with Crippen molar-refractivity contribution in [3.8, 4) is 0 Å². The lowest BCUT2D eigenvalue weighted by Crippen LogP contribution is -2.39. The van der Waals surface area contributed by atoms with Gasteiger partial charge in [-0.1, -0.05) is 41.1 Å². The maximum atomic E-state index is 12.8. The van der Waals surface area contributed by atoms with E-state index in [9.17, 15) is 19.2 Å². The Hall–Kier alpha value is -3.24. The molecule has 0 aliphatic heterocycles. The Morgan fingerprint density at radius 3 is 2.63 bits per heavy atom. The molecule has 3 rings (SSSR count). The van der Waals surface area contributed by atoms with Crippen LogP contribution in [-0.2, 0) is 6.54 Å². The molecule has 0 saturated heterocycles. The predicted molar refractivity (Wildman–Crippen MR) is 115 cm³/mol. The Kier molecular flexibility index (Phi) is 6.18. The van der Waals surface area contributed by atoms with Crippen molar-refractivity contribution in [2.45, 2.75) is 13.5 Å². The summed E-state index contributed by atoms with van der Waals surface area (Å²) in [4.78, 5) is 58.1. The number of rotatable bonds is 5. The number of halogens is 1. The molecule has 0 bridgehead atoms. The Balaban J connectivity index is 1.90. The van der Waals surface area contributed by atoms with Gasteiger partial charge in [0.15, 0.2) is 5.13 Å². The number of aromatic nitrogens is 3. The number of hydrogen-bond donors (Lipinski definition) is 2. The van der Waals surface area contributed by atoms with E-state index in [2.05, 4.69) is 15.3 Å². The second-order valence-electron chi connectivity index (χ2n) is 6.58. The maximum Gasteiger partial charge on any atom is 0.328 e. The minimum atomic E-state index is -0.769. The van der Waals surface area contributed by atoms with E-state index in [0.717, 1.165) is 22.1 Å². The molecule has 2 amide bonds. The van der Waals surface area contributed by atoms with Crippen LogP contribution in [0.1, 0.15) is 31.3 Å². The van der Waals surface area contributed by atoms with Gasteiger partial charge in [0.25, 0.3) is 17.4 Å². The fourth-order valence-corrected chi connectivity index (χ4v) is 3.81. The lowest BCUT2D eigenvalue weighted by Gasteiger charge is -2.08.